The molecule has 3 N–H and O–H groups in total. The second kappa shape index (κ2) is 5.59. The number of amides is 3. The van der Waals surface area contributed by atoms with Crippen molar-refractivity contribution < 1.29 is 9.59 Å². The van der Waals surface area contributed by atoms with Gasteiger partial charge in [0.15, 0.2) is 5.69 Å². The second-order valence-corrected chi connectivity index (χ2v) is 5.39. The van der Waals surface area contributed by atoms with Gasteiger partial charge in [-0.2, -0.15) is 0 Å². The summed E-state index contributed by atoms with van der Waals surface area (Å²) < 4.78 is 0. The fourth-order valence-electron chi connectivity index (χ4n) is 2.96. The Kier molecular flexibility index (Phi) is 3.64. The minimum absolute atomic E-state index is 0.00810. The lowest BCUT2D eigenvalue weighted by Crippen LogP contribution is -2.47. The Balaban J connectivity index is 1.62. The number of likely N-dealkylation sites (tertiary alicyclic amines) is 1. The zero-order valence-corrected chi connectivity index (χ0v) is 11.8. The average Bonchev–Trinajstić information content (AvgIpc) is 2.93. The maximum Gasteiger partial charge on any atom is 0.317 e. The van der Waals surface area contributed by atoms with E-state index in [1.807, 2.05) is 4.90 Å². The van der Waals surface area contributed by atoms with Crippen molar-refractivity contribution >= 4 is 17.6 Å². The van der Waals surface area contributed by atoms with E-state index >= 15 is 0 Å². The molecule has 0 bridgehead atoms. The van der Waals surface area contributed by atoms with Crippen molar-refractivity contribution in [2.24, 2.45) is 0 Å². The van der Waals surface area contributed by atoms with Gasteiger partial charge in [-0.3, -0.25) is 4.79 Å². The molecule has 7 heteroatoms. The monoisotopic (exact) mass is 289 g/mol. The number of nitrogens with zero attached hydrogens (tertiary/aromatic N) is 3. The zero-order valence-electron chi connectivity index (χ0n) is 11.8. The zero-order chi connectivity index (χ0) is 14.8. The van der Waals surface area contributed by atoms with Gasteiger partial charge in [0.05, 0.1) is 5.69 Å². The van der Waals surface area contributed by atoms with Crippen LogP contribution in [0.15, 0.2) is 18.3 Å². The minimum Gasteiger partial charge on any atom is -0.397 e. The quantitative estimate of drug-likeness (QED) is 0.819. The maximum absolute atomic E-state index is 12.4. The summed E-state index contributed by atoms with van der Waals surface area (Å²) >= 11 is 0. The lowest BCUT2D eigenvalue weighted by atomic mass is 10.0. The number of hydrogen-bond acceptors (Lipinski definition) is 4. The number of carbonyl (C=O) groups excluding carboxylic acids is 2. The summed E-state index contributed by atoms with van der Waals surface area (Å²) in [6, 6.07) is 3.62. The van der Waals surface area contributed by atoms with E-state index in [9.17, 15) is 9.59 Å². The lowest BCUT2D eigenvalue weighted by molar-refractivity contribution is 0.0661. The first-order chi connectivity index (χ1) is 10.2. The van der Waals surface area contributed by atoms with E-state index in [-0.39, 0.29) is 18.0 Å². The van der Waals surface area contributed by atoms with Crippen molar-refractivity contribution in [3.63, 3.8) is 0 Å². The Morgan fingerprint density at radius 1 is 1.33 bits per heavy atom. The summed E-state index contributed by atoms with van der Waals surface area (Å²) in [5.41, 5.74) is 6.52. The van der Waals surface area contributed by atoms with Crippen LogP contribution in [0.3, 0.4) is 0 Å². The molecule has 2 aliphatic rings. The minimum atomic E-state index is -0.127. The van der Waals surface area contributed by atoms with E-state index in [4.69, 9.17) is 5.73 Å². The molecule has 2 aliphatic heterocycles. The average molecular weight is 289 g/mol. The van der Waals surface area contributed by atoms with Gasteiger partial charge in [-0.25, -0.2) is 9.78 Å². The molecule has 1 aromatic rings. The van der Waals surface area contributed by atoms with Crippen LogP contribution in [-0.2, 0) is 0 Å². The number of rotatable bonds is 2. The normalized spacial score (nSPS) is 19.7. The Bertz CT molecular complexity index is 554. The molecule has 0 spiro atoms. The molecule has 3 rings (SSSR count). The molecule has 0 radical (unpaired) electrons. The molecular weight excluding hydrogens is 270 g/mol. The van der Waals surface area contributed by atoms with Crippen molar-refractivity contribution in [3.05, 3.63) is 24.0 Å². The summed E-state index contributed by atoms with van der Waals surface area (Å²) in [7, 11) is 0. The SMILES string of the molecule is Nc1cccnc1C(=O)N1CCC(N2CCNC2=O)CC1. The molecule has 21 heavy (non-hydrogen) atoms. The molecule has 0 aromatic carbocycles. The molecule has 1 aromatic heterocycles. The molecule has 7 nitrogen and oxygen atoms in total. The number of aromatic nitrogens is 1. The second-order valence-electron chi connectivity index (χ2n) is 5.39. The summed E-state index contributed by atoms with van der Waals surface area (Å²) in [5.74, 6) is -0.127. The van der Waals surface area contributed by atoms with Gasteiger partial charge < -0.3 is 20.9 Å². The molecule has 112 valence electrons. The van der Waals surface area contributed by atoms with Crippen molar-refractivity contribution in [3.8, 4) is 0 Å². The van der Waals surface area contributed by atoms with Crippen molar-refractivity contribution in [1.29, 1.82) is 0 Å². The highest BCUT2D eigenvalue weighted by molar-refractivity contribution is 5.97. The fraction of sp³-hybridized carbons (Fsp3) is 0.500. The number of anilines is 1. The highest BCUT2D eigenvalue weighted by Crippen LogP contribution is 2.20. The van der Waals surface area contributed by atoms with Gasteiger partial charge >= 0.3 is 6.03 Å². The van der Waals surface area contributed by atoms with Gasteiger partial charge in [-0.05, 0) is 25.0 Å². The Morgan fingerprint density at radius 2 is 2.10 bits per heavy atom. The Morgan fingerprint density at radius 3 is 2.71 bits per heavy atom. The largest absolute Gasteiger partial charge is 0.397 e. The number of hydrogen-bond donors (Lipinski definition) is 2. The van der Waals surface area contributed by atoms with Gasteiger partial charge in [0, 0.05) is 38.4 Å². The van der Waals surface area contributed by atoms with Crippen LogP contribution in [0, 0.1) is 0 Å². The molecule has 3 amide bonds. The van der Waals surface area contributed by atoms with Gasteiger partial charge in [-0.15, -0.1) is 0 Å². The predicted molar refractivity (Wildman–Crippen MR) is 77.7 cm³/mol. The van der Waals surface area contributed by atoms with Crippen molar-refractivity contribution in [1.82, 2.24) is 20.1 Å². The number of carbonyl (C=O) groups is 2. The number of pyridine rings is 1. The number of nitrogen functional groups attached to an aromatic ring is 1. The van der Waals surface area contributed by atoms with Gasteiger partial charge in [-0.1, -0.05) is 0 Å². The first kappa shape index (κ1) is 13.7. The third-order valence-electron chi connectivity index (χ3n) is 4.12. The van der Waals surface area contributed by atoms with Crippen LogP contribution < -0.4 is 11.1 Å². The molecule has 0 unspecified atom stereocenters. The third kappa shape index (κ3) is 2.63. The number of urea groups is 1. The number of nitrogens with one attached hydrogen (secondary N) is 1. The molecular formula is C14H19N5O2. The van der Waals surface area contributed by atoms with Crippen LogP contribution in [0.25, 0.3) is 0 Å². The summed E-state index contributed by atoms with van der Waals surface area (Å²) in [6.45, 7) is 2.72. The standard InChI is InChI=1S/C14H19N5O2/c15-11-2-1-5-16-12(11)13(20)18-7-3-10(4-8-18)19-9-6-17-14(19)21/h1-2,5,10H,3-4,6-9,15H2,(H,17,21). The molecule has 2 saturated heterocycles. The predicted octanol–water partition coefficient (Wildman–Crippen LogP) is 0.294. The summed E-state index contributed by atoms with van der Waals surface area (Å²) in [5, 5.41) is 2.81. The van der Waals surface area contributed by atoms with E-state index in [2.05, 4.69) is 10.3 Å². The van der Waals surface area contributed by atoms with Crippen molar-refractivity contribution in [2.75, 3.05) is 31.9 Å². The highest BCUT2D eigenvalue weighted by Gasteiger charge is 2.32. The maximum atomic E-state index is 12.4. The van der Waals surface area contributed by atoms with Crippen LogP contribution >= 0.6 is 0 Å². The topological polar surface area (TPSA) is 91.6 Å². The number of nitrogens with two attached hydrogens (primary N) is 1. The summed E-state index contributed by atoms with van der Waals surface area (Å²) in [6.07, 6.45) is 3.17. The van der Waals surface area contributed by atoms with E-state index < -0.39 is 0 Å². The summed E-state index contributed by atoms with van der Waals surface area (Å²) in [4.78, 5) is 31.8. The molecule has 0 atom stereocenters. The fourth-order valence-corrected chi connectivity index (χ4v) is 2.96. The van der Waals surface area contributed by atoms with E-state index in [1.54, 1.807) is 23.2 Å². The van der Waals surface area contributed by atoms with Crippen LogP contribution in [0.1, 0.15) is 23.3 Å². The van der Waals surface area contributed by atoms with Gasteiger partial charge in [0.1, 0.15) is 0 Å². The van der Waals surface area contributed by atoms with E-state index in [0.717, 1.165) is 19.4 Å². The highest BCUT2D eigenvalue weighted by atomic mass is 16.2. The Hall–Kier alpha value is -2.31. The van der Waals surface area contributed by atoms with Crippen LogP contribution in [0.2, 0.25) is 0 Å². The first-order valence-corrected chi connectivity index (χ1v) is 7.21. The van der Waals surface area contributed by atoms with Gasteiger partial charge in [0.2, 0.25) is 0 Å². The van der Waals surface area contributed by atoms with Crippen LogP contribution in [0.4, 0.5) is 10.5 Å². The third-order valence-corrected chi connectivity index (χ3v) is 4.12. The van der Waals surface area contributed by atoms with Crippen LogP contribution in [-0.4, -0.2) is 58.9 Å². The molecule has 2 fully saturated rings. The smallest absolute Gasteiger partial charge is 0.317 e. The first-order valence-electron chi connectivity index (χ1n) is 7.21. The lowest BCUT2D eigenvalue weighted by Gasteiger charge is -2.36. The Labute approximate surface area is 123 Å². The molecule has 0 saturated carbocycles. The molecule has 3 heterocycles. The number of piperidine rings is 1. The van der Waals surface area contributed by atoms with Crippen molar-refractivity contribution in [2.45, 2.75) is 18.9 Å². The van der Waals surface area contributed by atoms with Gasteiger partial charge in [0.25, 0.3) is 5.91 Å². The van der Waals surface area contributed by atoms with E-state index in [1.165, 1.54) is 0 Å². The van der Waals surface area contributed by atoms with Crippen LogP contribution in [0.5, 0.6) is 0 Å². The molecule has 0 aliphatic carbocycles. The van der Waals surface area contributed by atoms with E-state index in [0.29, 0.717) is 31.0 Å².